The van der Waals surface area contributed by atoms with Crippen molar-refractivity contribution in [2.45, 2.75) is 34.1 Å². The molecule has 0 spiro atoms. The van der Waals surface area contributed by atoms with Crippen LogP contribution in [0.4, 0.5) is 0 Å². The predicted molar refractivity (Wildman–Crippen MR) is 75.5 cm³/mol. The van der Waals surface area contributed by atoms with Gasteiger partial charge in [-0.15, -0.1) is 0 Å². The number of hydrogen-bond acceptors (Lipinski definition) is 0. The van der Waals surface area contributed by atoms with Gasteiger partial charge in [-0.1, -0.05) is 48.9 Å². The third-order valence-electron chi connectivity index (χ3n) is 3.54. The molecule has 0 unspecified atom stereocenters. The first-order chi connectivity index (χ1) is 8.11. The molecule has 0 aromatic heterocycles. The summed E-state index contributed by atoms with van der Waals surface area (Å²) >= 11 is 0. The lowest BCUT2D eigenvalue weighted by Gasteiger charge is -2.11. The Morgan fingerprint density at radius 3 is 2.06 bits per heavy atom. The van der Waals surface area contributed by atoms with E-state index < -0.39 is 0 Å². The van der Waals surface area contributed by atoms with Gasteiger partial charge in [-0.3, -0.25) is 0 Å². The van der Waals surface area contributed by atoms with Gasteiger partial charge in [0.25, 0.3) is 0 Å². The second kappa shape index (κ2) is 4.75. The summed E-state index contributed by atoms with van der Waals surface area (Å²) < 4.78 is 0. The Bertz CT molecular complexity index is 518. The molecule has 17 heavy (non-hydrogen) atoms. The fourth-order valence-corrected chi connectivity index (χ4v) is 2.21. The molecule has 0 radical (unpaired) electrons. The van der Waals surface area contributed by atoms with Crippen LogP contribution in [0.5, 0.6) is 0 Å². The molecule has 0 N–H and O–H groups in total. The molecular formula is C17H20. The number of rotatable bonds is 2. The van der Waals surface area contributed by atoms with Crippen molar-refractivity contribution >= 4 is 0 Å². The van der Waals surface area contributed by atoms with Gasteiger partial charge in [-0.05, 0) is 55.0 Å². The van der Waals surface area contributed by atoms with E-state index in [-0.39, 0.29) is 0 Å². The fraction of sp³-hybridized carbons (Fsp3) is 0.294. The number of benzene rings is 2. The molecule has 0 atom stereocenters. The zero-order valence-electron chi connectivity index (χ0n) is 11.2. The molecule has 0 fully saturated rings. The van der Waals surface area contributed by atoms with Crippen LogP contribution in [0.3, 0.4) is 0 Å². The Labute approximate surface area is 104 Å². The highest BCUT2D eigenvalue weighted by Gasteiger charge is 2.04. The molecular weight excluding hydrogens is 204 g/mol. The summed E-state index contributed by atoms with van der Waals surface area (Å²) in [6, 6.07) is 13.4. The van der Waals surface area contributed by atoms with Crippen LogP contribution in [0, 0.1) is 20.8 Å². The molecule has 0 saturated heterocycles. The Balaban J connectivity index is 2.52. The lowest BCUT2D eigenvalue weighted by Crippen LogP contribution is -1.92. The Morgan fingerprint density at radius 1 is 0.824 bits per heavy atom. The van der Waals surface area contributed by atoms with Crippen LogP contribution in [-0.4, -0.2) is 0 Å². The highest BCUT2D eigenvalue weighted by atomic mass is 14.1. The molecule has 0 saturated carbocycles. The molecule has 2 aromatic carbocycles. The molecule has 0 bridgehead atoms. The largest absolute Gasteiger partial charge is 0.0613 e. The molecule has 0 aliphatic carbocycles. The zero-order valence-corrected chi connectivity index (χ0v) is 11.2. The molecule has 0 nitrogen and oxygen atoms in total. The van der Waals surface area contributed by atoms with Crippen LogP contribution in [-0.2, 0) is 6.42 Å². The monoisotopic (exact) mass is 224 g/mol. The van der Waals surface area contributed by atoms with E-state index in [4.69, 9.17) is 0 Å². The van der Waals surface area contributed by atoms with E-state index >= 15 is 0 Å². The van der Waals surface area contributed by atoms with Crippen molar-refractivity contribution in [3.05, 3.63) is 58.7 Å². The normalized spacial score (nSPS) is 10.6. The number of aryl methyl sites for hydroxylation is 3. The van der Waals surface area contributed by atoms with Crippen molar-refractivity contribution in [1.82, 2.24) is 0 Å². The minimum atomic E-state index is 1.10. The molecule has 0 amide bonds. The molecule has 0 heteroatoms. The Morgan fingerprint density at radius 2 is 1.47 bits per heavy atom. The summed E-state index contributed by atoms with van der Waals surface area (Å²) in [5.74, 6) is 0. The first-order valence-electron chi connectivity index (χ1n) is 6.29. The van der Waals surface area contributed by atoms with E-state index in [2.05, 4.69) is 64.1 Å². The molecule has 0 aliphatic rings. The Kier molecular flexibility index (Phi) is 3.33. The highest BCUT2D eigenvalue weighted by molar-refractivity contribution is 5.66. The predicted octanol–water partition coefficient (Wildman–Crippen LogP) is 4.84. The molecule has 2 rings (SSSR count). The topological polar surface area (TPSA) is 0 Å². The van der Waals surface area contributed by atoms with Gasteiger partial charge in [-0.25, -0.2) is 0 Å². The minimum absolute atomic E-state index is 1.10. The molecule has 2 aromatic rings. The quantitative estimate of drug-likeness (QED) is 0.684. The van der Waals surface area contributed by atoms with E-state index in [0.717, 1.165) is 6.42 Å². The SMILES string of the molecule is CCc1cc(-c2ccc(C)cc2)cc(C)c1C. The molecule has 0 aliphatic heterocycles. The van der Waals surface area contributed by atoms with E-state index in [1.165, 1.54) is 33.4 Å². The minimum Gasteiger partial charge on any atom is -0.0613 e. The molecule has 0 heterocycles. The van der Waals surface area contributed by atoms with Crippen LogP contribution in [0.2, 0.25) is 0 Å². The maximum Gasteiger partial charge on any atom is -0.0178 e. The van der Waals surface area contributed by atoms with Crippen LogP contribution < -0.4 is 0 Å². The van der Waals surface area contributed by atoms with Gasteiger partial charge in [0.1, 0.15) is 0 Å². The number of hydrogen-bond donors (Lipinski definition) is 0. The third kappa shape index (κ3) is 2.41. The first kappa shape index (κ1) is 11.9. The van der Waals surface area contributed by atoms with Crippen molar-refractivity contribution in [1.29, 1.82) is 0 Å². The van der Waals surface area contributed by atoms with Gasteiger partial charge in [0.2, 0.25) is 0 Å². The fourth-order valence-electron chi connectivity index (χ4n) is 2.21. The van der Waals surface area contributed by atoms with Gasteiger partial charge >= 0.3 is 0 Å². The van der Waals surface area contributed by atoms with Gasteiger partial charge < -0.3 is 0 Å². The highest BCUT2D eigenvalue weighted by Crippen LogP contribution is 2.25. The van der Waals surface area contributed by atoms with E-state index in [1.807, 2.05) is 0 Å². The average molecular weight is 224 g/mol. The van der Waals surface area contributed by atoms with E-state index in [0.29, 0.717) is 0 Å². The van der Waals surface area contributed by atoms with Crippen LogP contribution in [0.15, 0.2) is 36.4 Å². The zero-order chi connectivity index (χ0) is 12.4. The summed E-state index contributed by atoms with van der Waals surface area (Å²) in [5, 5.41) is 0. The Hall–Kier alpha value is -1.56. The lowest BCUT2D eigenvalue weighted by atomic mass is 9.94. The maximum absolute atomic E-state index is 2.33. The van der Waals surface area contributed by atoms with Crippen LogP contribution in [0.1, 0.15) is 29.2 Å². The lowest BCUT2D eigenvalue weighted by molar-refractivity contribution is 1.10. The van der Waals surface area contributed by atoms with E-state index in [9.17, 15) is 0 Å². The van der Waals surface area contributed by atoms with Crippen molar-refractivity contribution in [3.63, 3.8) is 0 Å². The standard InChI is InChI=1S/C17H20/c1-5-15-11-17(10-13(3)14(15)4)16-8-6-12(2)7-9-16/h6-11H,5H2,1-4H3. The van der Waals surface area contributed by atoms with Gasteiger partial charge in [-0.2, -0.15) is 0 Å². The summed E-state index contributed by atoms with van der Waals surface area (Å²) in [5.41, 5.74) is 8.25. The van der Waals surface area contributed by atoms with Gasteiger partial charge in [0, 0.05) is 0 Å². The molecule has 88 valence electrons. The smallest absolute Gasteiger partial charge is 0.0178 e. The maximum atomic E-state index is 2.33. The van der Waals surface area contributed by atoms with Crippen molar-refractivity contribution in [2.75, 3.05) is 0 Å². The van der Waals surface area contributed by atoms with Crippen LogP contribution in [0.25, 0.3) is 11.1 Å². The first-order valence-corrected chi connectivity index (χ1v) is 6.29. The second-order valence-electron chi connectivity index (χ2n) is 4.80. The van der Waals surface area contributed by atoms with Gasteiger partial charge in [0.15, 0.2) is 0 Å². The van der Waals surface area contributed by atoms with Crippen molar-refractivity contribution in [3.8, 4) is 11.1 Å². The summed E-state index contributed by atoms with van der Waals surface area (Å²) in [6.07, 6.45) is 1.10. The van der Waals surface area contributed by atoms with Gasteiger partial charge in [0.05, 0.1) is 0 Å². The van der Waals surface area contributed by atoms with Crippen LogP contribution >= 0.6 is 0 Å². The van der Waals surface area contributed by atoms with Crippen molar-refractivity contribution in [2.24, 2.45) is 0 Å². The third-order valence-corrected chi connectivity index (χ3v) is 3.54. The summed E-state index contributed by atoms with van der Waals surface area (Å²) in [7, 11) is 0. The summed E-state index contributed by atoms with van der Waals surface area (Å²) in [4.78, 5) is 0. The van der Waals surface area contributed by atoms with E-state index in [1.54, 1.807) is 0 Å². The summed E-state index contributed by atoms with van der Waals surface area (Å²) in [6.45, 7) is 8.77. The van der Waals surface area contributed by atoms with Crippen molar-refractivity contribution < 1.29 is 0 Å². The average Bonchev–Trinajstić information content (AvgIpc) is 2.33. The second-order valence-corrected chi connectivity index (χ2v) is 4.80.